The number of benzene rings is 3. The normalized spacial score (nSPS) is 17.3. The minimum absolute atomic E-state index is 0.186. The fraction of sp³-hybridized carbons (Fsp3) is 0.310. The molecule has 0 fully saturated rings. The van der Waals surface area contributed by atoms with Gasteiger partial charge >= 0.3 is 5.97 Å². The van der Waals surface area contributed by atoms with Gasteiger partial charge in [-0.25, -0.2) is 0 Å². The highest BCUT2D eigenvalue weighted by Gasteiger charge is 2.36. The van der Waals surface area contributed by atoms with E-state index in [1.54, 1.807) is 19.9 Å². The van der Waals surface area contributed by atoms with Crippen molar-refractivity contribution in [2.24, 2.45) is 5.92 Å². The molecule has 0 spiro atoms. The summed E-state index contributed by atoms with van der Waals surface area (Å²) in [6.45, 7) is 5.95. The highest BCUT2D eigenvalue weighted by molar-refractivity contribution is 6.04. The van der Waals surface area contributed by atoms with E-state index in [0.29, 0.717) is 24.5 Å². The van der Waals surface area contributed by atoms with Crippen LogP contribution in [-0.2, 0) is 9.59 Å². The number of nitrogens with one attached hydrogen (secondary N) is 1. The van der Waals surface area contributed by atoms with E-state index in [0.717, 1.165) is 51.7 Å². The van der Waals surface area contributed by atoms with Crippen LogP contribution in [0.1, 0.15) is 57.1 Å². The third-order valence-corrected chi connectivity index (χ3v) is 6.57. The lowest BCUT2D eigenvalue weighted by Gasteiger charge is -2.35. The van der Waals surface area contributed by atoms with Crippen LogP contribution < -0.4 is 14.8 Å². The zero-order chi connectivity index (χ0) is 23.8. The molecule has 1 aliphatic heterocycles. The number of Topliss-reactive ketones (excluding diaryl/α,β-unsaturated/α-hetero) is 1. The van der Waals surface area contributed by atoms with Crippen molar-refractivity contribution in [2.45, 2.75) is 46.0 Å². The molecule has 5 heteroatoms. The van der Waals surface area contributed by atoms with Crippen molar-refractivity contribution >= 4 is 28.2 Å². The summed E-state index contributed by atoms with van der Waals surface area (Å²) in [5, 5.41) is 5.82. The lowest BCUT2D eigenvalue weighted by atomic mass is 9.74. The average molecular weight is 456 g/mol. The molecule has 3 aromatic rings. The number of carbonyl (C=O) groups excluding carboxylic acids is 2. The number of rotatable bonds is 5. The van der Waals surface area contributed by atoms with Gasteiger partial charge in [-0.1, -0.05) is 50.2 Å². The minimum Gasteiger partial charge on any atom is -0.490 e. The first kappa shape index (κ1) is 22.2. The van der Waals surface area contributed by atoms with E-state index in [2.05, 4.69) is 29.6 Å². The molecular formula is C29H29NO4. The zero-order valence-corrected chi connectivity index (χ0v) is 19.8. The van der Waals surface area contributed by atoms with Gasteiger partial charge in [-0.05, 0) is 59.9 Å². The zero-order valence-electron chi connectivity index (χ0n) is 19.8. The van der Waals surface area contributed by atoms with E-state index in [4.69, 9.17) is 9.47 Å². The summed E-state index contributed by atoms with van der Waals surface area (Å²) < 4.78 is 11.5. The number of ether oxygens (including phenoxy) is 2. The molecule has 1 atom stereocenters. The maximum atomic E-state index is 13.3. The van der Waals surface area contributed by atoms with Gasteiger partial charge in [-0.15, -0.1) is 0 Å². The first-order chi connectivity index (χ1) is 16.5. The Hall–Kier alpha value is -3.60. The highest BCUT2D eigenvalue weighted by Crippen LogP contribution is 2.49. The highest BCUT2D eigenvalue weighted by atomic mass is 16.6. The van der Waals surface area contributed by atoms with Crippen LogP contribution in [0.3, 0.4) is 0 Å². The third kappa shape index (κ3) is 3.85. The summed E-state index contributed by atoms with van der Waals surface area (Å²) >= 11 is 0. The lowest BCUT2D eigenvalue weighted by molar-refractivity contribution is -0.137. The molecule has 0 saturated heterocycles. The van der Waals surface area contributed by atoms with Crippen LogP contribution in [0.4, 0.5) is 5.69 Å². The van der Waals surface area contributed by atoms with Gasteiger partial charge in [-0.3, -0.25) is 9.59 Å². The van der Waals surface area contributed by atoms with Gasteiger partial charge in [0, 0.05) is 29.3 Å². The van der Waals surface area contributed by atoms with Crippen LogP contribution in [0, 0.1) is 5.92 Å². The molecule has 5 rings (SSSR count). The molecule has 0 saturated carbocycles. The second-order valence-corrected chi connectivity index (χ2v) is 9.19. The van der Waals surface area contributed by atoms with Crippen LogP contribution >= 0.6 is 0 Å². The number of carbonyl (C=O) groups is 2. The Morgan fingerprint density at radius 1 is 1.06 bits per heavy atom. The van der Waals surface area contributed by atoms with Gasteiger partial charge in [0.2, 0.25) is 0 Å². The molecule has 2 aliphatic rings. The fourth-order valence-electron chi connectivity index (χ4n) is 4.97. The average Bonchev–Trinajstić information content (AvgIpc) is 2.84. The first-order valence-corrected chi connectivity index (χ1v) is 12.0. The Bertz CT molecular complexity index is 1320. The molecule has 0 amide bonds. The molecule has 1 aliphatic carbocycles. The van der Waals surface area contributed by atoms with Crippen LogP contribution in [0.25, 0.3) is 10.8 Å². The smallest absolute Gasteiger partial charge is 0.313 e. The minimum atomic E-state index is -0.306. The number of anilines is 1. The van der Waals surface area contributed by atoms with Crippen molar-refractivity contribution in [3.05, 3.63) is 77.0 Å². The molecule has 0 radical (unpaired) electrons. The molecule has 174 valence electrons. The second kappa shape index (κ2) is 8.98. The molecular weight excluding hydrogens is 426 g/mol. The molecule has 3 aromatic carbocycles. The van der Waals surface area contributed by atoms with E-state index >= 15 is 0 Å². The number of hydrogen-bond acceptors (Lipinski definition) is 5. The second-order valence-electron chi connectivity index (χ2n) is 9.19. The monoisotopic (exact) mass is 455 g/mol. The number of esters is 1. The van der Waals surface area contributed by atoms with E-state index in [1.165, 1.54) is 0 Å². The SMILES string of the molecule is CCOc1cc(C2C3=C(CCCC3=O)Nc3ccc4ccccc4c32)ccc1OC(=O)C(C)C. The summed E-state index contributed by atoms with van der Waals surface area (Å²) in [5.74, 6) is 0.328. The predicted molar refractivity (Wildman–Crippen MR) is 133 cm³/mol. The predicted octanol–water partition coefficient (Wildman–Crippen LogP) is 6.36. The maximum absolute atomic E-state index is 13.3. The van der Waals surface area contributed by atoms with Crippen molar-refractivity contribution in [3.8, 4) is 11.5 Å². The summed E-state index contributed by atoms with van der Waals surface area (Å²) in [7, 11) is 0. The van der Waals surface area contributed by atoms with Crippen molar-refractivity contribution in [1.29, 1.82) is 0 Å². The van der Waals surface area contributed by atoms with Gasteiger partial charge in [0.15, 0.2) is 17.3 Å². The van der Waals surface area contributed by atoms with Crippen LogP contribution in [0.2, 0.25) is 0 Å². The summed E-state index contributed by atoms with van der Waals surface area (Å²) in [5.41, 5.74) is 4.93. The fourth-order valence-corrected chi connectivity index (χ4v) is 4.97. The van der Waals surface area contributed by atoms with E-state index < -0.39 is 0 Å². The number of hydrogen-bond donors (Lipinski definition) is 1. The van der Waals surface area contributed by atoms with Crippen LogP contribution in [-0.4, -0.2) is 18.4 Å². The number of fused-ring (bicyclic) bond motifs is 3. The molecule has 1 N–H and O–H groups in total. The third-order valence-electron chi connectivity index (χ3n) is 6.57. The quantitative estimate of drug-likeness (QED) is 0.358. The van der Waals surface area contributed by atoms with E-state index in [1.807, 2.05) is 31.2 Å². The van der Waals surface area contributed by atoms with Gasteiger partial charge < -0.3 is 14.8 Å². The van der Waals surface area contributed by atoms with Crippen molar-refractivity contribution in [1.82, 2.24) is 0 Å². The molecule has 1 unspecified atom stereocenters. The Morgan fingerprint density at radius 2 is 1.88 bits per heavy atom. The molecule has 34 heavy (non-hydrogen) atoms. The summed E-state index contributed by atoms with van der Waals surface area (Å²) in [6.07, 6.45) is 2.26. The van der Waals surface area contributed by atoms with Crippen LogP contribution in [0.5, 0.6) is 11.5 Å². The maximum Gasteiger partial charge on any atom is 0.313 e. The molecule has 1 heterocycles. The molecule has 0 bridgehead atoms. The van der Waals surface area contributed by atoms with Crippen molar-refractivity contribution in [3.63, 3.8) is 0 Å². The lowest BCUT2D eigenvalue weighted by Crippen LogP contribution is -2.27. The topological polar surface area (TPSA) is 64.6 Å². The molecule has 5 nitrogen and oxygen atoms in total. The van der Waals surface area contributed by atoms with Gasteiger partial charge in [0.25, 0.3) is 0 Å². The van der Waals surface area contributed by atoms with Gasteiger partial charge in [0.05, 0.1) is 12.5 Å². The van der Waals surface area contributed by atoms with E-state index in [-0.39, 0.29) is 23.6 Å². The summed E-state index contributed by atoms with van der Waals surface area (Å²) in [6, 6.07) is 18.2. The first-order valence-electron chi connectivity index (χ1n) is 12.0. The Kier molecular flexibility index (Phi) is 5.86. The number of ketones is 1. The Labute approximate surface area is 199 Å². The largest absolute Gasteiger partial charge is 0.490 e. The van der Waals surface area contributed by atoms with Crippen molar-refractivity contribution < 1.29 is 19.1 Å². The van der Waals surface area contributed by atoms with Crippen LogP contribution in [0.15, 0.2) is 65.9 Å². The standard InChI is InChI=1S/C29H29NO4/c1-4-33-25-16-19(13-15-24(25)34-29(32)17(2)3)26-27-20-9-6-5-8-18(20)12-14-22(27)30-21-10-7-11-23(31)28(21)26/h5-6,8-9,12-17,26,30H,4,7,10-11H2,1-3H3. The Morgan fingerprint density at radius 3 is 2.68 bits per heavy atom. The van der Waals surface area contributed by atoms with Gasteiger partial charge in [-0.2, -0.15) is 0 Å². The number of allylic oxidation sites excluding steroid dienone is 2. The van der Waals surface area contributed by atoms with E-state index in [9.17, 15) is 9.59 Å². The van der Waals surface area contributed by atoms with Gasteiger partial charge in [0.1, 0.15) is 0 Å². The Balaban J connectivity index is 1.70. The summed E-state index contributed by atoms with van der Waals surface area (Å²) in [4.78, 5) is 25.5. The van der Waals surface area contributed by atoms with Crippen molar-refractivity contribution in [2.75, 3.05) is 11.9 Å². The molecule has 0 aromatic heterocycles.